The highest BCUT2D eigenvalue weighted by molar-refractivity contribution is 7.99. The van der Waals surface area contributed by atoms with Crippen LogP contribution in [-0.2, 0) is 11.3 Å². The first-order chi connectivity index (χ1) is 13.6. The van der Waals surface area contributed by atoms with Crippen LogP contribution in [-0.4, -0.2) is 43.4 Å². The van der Waals surface area contributed by atoms with Crippen LogP contribution in [0.15, 0.2) is 53.9 Å². The number of amides is 1. The number of pyridine rings is 1. The van der Waals surface area contributed by atoms with Gasteiger partial charge in [-0.15, -0.1) is 10.2 Å². The highest BCUT2D eigenvalue weighted by atomic mass is 32.2. The minimum atomic E-state index is 0.0871. The van der Waals surface area contributed by atoms with E-state index < -0.39 is 0 Å². The highest BCUT2D eigenvalue weighted by Crippen LogP contribution is 2.41. The fraction of sp³-hybridized carbons (Fsp3) is 0.333. The smallest absolute Gasteiger partial charge is 0.233 e. The number of carbonyl (C=O) groups is 1. The molecule has 1 aromatic carbocycles. The second-order valence-electron chi connectivity index (χ2n) is 7.11. The summed E-state index contributed by atoms with van der Waals surface area (Å²) in [4.78, 5) is 18.5. The van der Waals surface area contributed by atoms with Gasteiger partial charge in [-0.25, -0.2) is 0 Å². The molecule has 1 saturated carbocycles. The molecule has 2 heterocycles. The highest BCUT2D eigenvalue weighted by Gasteiger charge is 2.30. The van der Waals surface area contributed by atoms with Gasteiger partial charge in [0.2, 0.25) is 5.91 Å². The molecule has 28 heavy (non-hydrogen) atoms. The lowest BCUT2D eigenvalue weighted by Gasteiger charge is -2.18. The van der Waals surface area contributed by atoms with Gasteiger partial charge in [-0.1, -0.05) is 36.0 Å². The summed E-state index contributed by atoms with van der Waals surface area (Å²) in [5, 5.41) is 9.57. The third-order valence-corrected chi connectivity index (χ3v) is 5.86. The van der Waals surface area contributed by atoms with Gasteiger partial charge >= 0.3 is 0 Å². The van der Waals surface area contributed by atoms with Crippen LogP contribution in [0.4, 0.5) is 0 Å². The van der Waals surface area contributed by atoms with Crippen molar-refractivity contribution >= 4 is 17.7 Å². The largest absolute Gasteiger partial charge is 0.341 e. The second-order valence-corrected chi connectivity index (χ2v) is 8.05. The molecule has 0 radical (unpaired) electrons. The summed E-state index contributed by atoms with van der Waals surface area (Å²) in [5.41, 5.74) is 3.37. The monoisotopic (exact) mass is 393 g/mol. The second kappa shape index (κ2) is 8.14. The molecule has 144 valence electrons. The minimum absolute atomic E-state index is 0.0871. The summed E-state index contributed by atoms with van der Waals surface area (Å²) < 4.78 is 2.18. The van der Waals surface area contributed by atoms with Crippen LogP contribution < -0.4 is 0 Å². The lowest BCUT2D eigenvalue weighted by molar-refractivity contribution is -0.127. The number of hydrogen-bond donors (Lipinski definition) is 0. The Bertz CT molecular complexity index is 968. The van der Waals surface area contributed by atoms with Gasteiger partial charge in [0.1, 0.15) is 0 Å². The molecule has 1 amide bonds. The first kappa shape index (κ1) is 18.7. The zero-order valence-electron chi connectivity index (χ0n) is 16.1. The van der Waals surface area contributed by atoms with Crippen LogP contribution in [0.3, 0.4) is 0 Å². The third kappa shape index (κ3) is 4.09. The number of hydrogen-bond acceptors (Lipinski definition) is 5. The Kier molecular flexibility index (Phi) is 5.43. The van der Waals surface area contributed by atoms with Crippen LogP contribution in [0.5, 0.6) is 0 Å². The molecular formula is C21H23N5OS. The minimum Gasteiger partial charge on any atom is -0.341 e. The van der Waals surface area contributed by atoms with Gasteiger partial charge < -0.3 is 4.90 Å². The number of thioether (sulfide) groups is 1. The topological polar surface area (TPSA) is 63.9 Å². The molecule has 0 bridgehead atoms. The maximum atomic E-state index is 12.6. The van der Waals surface area contributed by atoms with Gasteiger partial charge in [0, 0.05) is 37.6 Å². The average Bonchev–Trinajstić information content (AvgIpc) is 3.47. The Labute approximate surface area is 169 Å². The average molecular weight is 394 g/mol. The lowest BCUT2D eigenvalue weighted by atomic mass is 10.1. The van der Waals surface area contributed by atoms with Crippen molar-refractivity contribution in [1.29, 1.82) is 0 Å². The first-order valence-corrected chi connectivity index (χ1v) is 10.4. The van der Waals surface area contributed by atoms with E-state index in [1.54, 1.807) is 17.3 Å². The van der Waals surface area contributed by atoms with Crippen molar-refractivity contribution in [3.05, 3.63) is 59.9 Å². The predicted octanol–water partition coefficient (Wildman–Crippen LogP) is 3.73. The van der Waals surface area contributed by atoms with E-state index >= 15 is 0 Å². The van der Waals surface area contributed by atoms with Crippen molar-refractivity contribution in [3.8, 4) is 11.4 Å². The van der Waals surface area contributed by atoms with E-state index in [1.165, 1.54) is 22.9 Å². The van der Waals surface area contributed by atoms with Crippen molar-refractivity contribution in [1.82, 2.24) is 24.6 Å². The molecule has 1 fully saturated rings. The molecule has 0 spiro atoms. The number of nitrogens with zero attached hydrogens (tertiary/aromatic N) is 5. The molecule has 1 aliphatic carbocycles. The first-order valence-electron chi connectivity index (χ1n) is 9.40. The normalized spacial score (nSPS) is 13.5. The number of aromatic nitrogens is 4. The number of aryl methyl sites for hydroxylation is 1. The molecule has 0 unspecified atom stereocenters. The summed E-state index contributed by atoms with van der Waals surface area (Å²) in [6, 6.07) is 12.5. The van der Waals surface area contributed by atoms with E-state index in [9.17, 15) is 4.79 Å². The molecule has 0 atom stereocenters. The molecule has 1 aliphatic rings. The van der Waals surface area contributed by atoms with Crippen molar-refractivity contribution in [2.75, 3.05) is 12.8 Å². The van der Waals surface area contributed by atoms with Gasteiger partial charge in [-0.2, -0.15) is 0 Å². The van der Waals surface area contributed by atoms with Crippen LogP contribution in [0, 0.1) is 6.92 Å². The Hall–Kier alpha value is -2.67. The summed E-state index contributed by atoms with van der Waals surface area (Å²) >= 11 is 1.46. The van der Waals surface area contributed by atoms with Gasteiger partial charge in [0.05, 0.1) is 5.75 Å². The van der Waals surface area contributed by atoms with E-state index in [-0.39, 0.29) is 5.91 Å². The predicted molar refractivity (Wildman–Crippen MR) is 110 cm³/mol. The molecule has 7 heteroatoms. The fourth-order valence-electron chi connectivity index (χ4n) is 3.10. The Morgan fingerprint density at radius 2 is 1.93 bits per heavy atom. The van der Waals surface area contributed by atoms with E-state index in [0.29, 0.717) is 18.3 Å². The van der Waals surface area contributed by atoms with Crippen molar-refractivity contribution in [2.45, 2.75) is 37.5 Å². The van der Waals surface area contributed by atoms with E-state index in [2.05, 4.69) is 38.8 Å². The van der Waals surface area contributed by atoms with Crippen molar-refractivity contribution in [3.63, 3.8) is 0 Å². The zero-order chi connectivity index (χ0) is 19.5. The quantitative estimate of drug-likeness (QED) is 0.572. The SMILES string of the molecule is Cc1ccccc1CN(C)C(=O)CSc1nnc(-c2ccncc2)n1C1CC1. The lowest BCUT2D eigenvalue weighted by Crippen LogP contribution is -2.28. The zero-order valence-corrected chi connectivity index (χ0v) is 16.9. The molecule has 0 aliphatic heterocycles. The molecule has 3 aromatic rings. The number of carbonyl (C=O) groups excluding carboxylic acids is 1. The van der Waals surface area contributed by atoms with Crippen LogP contribution in [0.25, 0.3) is 11.4 Å². The van der Waals surface area contributed by atoms with E-state index in [4.69, 9.17) is 0 Å². The van der Waals surface area contributed by atoms with Crippen molar-refractivity contribution in [2.24, 2.45) is 0 Å². The van der Waals surface area contributed by atoms with Gasteiger partial charge in [0.15, 0.2) is 11.0 Å². The summed E-state index contributed by atoms with van der Waals surface area (Å²) in [5.74, 6) is 1.29. The van der Waals surface area contributed by atoms with Gasteiger partial charge in [-0.05, 0) is 43.0 Å². The van der Waals surface area contributed by atoms with Gasteiger partial charge in [0.25, 0.3) is 0 Å². The van der Waals surface area contributed by atoms with E-state index in [1.807, 2.05) is 31.3 Å². The molecule has 2 aromatic heterocycles. The van der Waals surface area contributed by atoms with Crippen molar-refractivity contribution < 1.29 is 4.79 Å². The summed E-state index contributed by atoms with van der Waals surface area (Å²) in [6.45, 7) is 2.69. The molecule has 0 N–H and O–H groups in total. The summed E-state index contributed by atoms with van der Waals surface area (Å²) in [7, 11) is 1.85. The molecule has 4 rings (SSSR count). The van der Waals surface area contributed by atoms with Crippen LogP contribution >= 0.6 is 11.8 Å². The van der Waals surface area contributed by atoms with Crippen LogP contribution in [0.2, 0.25) is 0 Å². The Morgan fingerprint density at radius 1 is 1.18 bits per heavy atom. The summed E-state index contributed by atoms with van der Waals surface area (Å²) in [6.07, 6.45) is 5.78. The third-order valence-electron chi connectivity index (χ3n) is 4.93. The van der Waals surface area contributed by atoms with Crippen LogP contribution in [0.1, 0.15) is 30.0 Å². The Balaban J connectivity index is 1.44. The Morgan fingerprint density at radius 3 is 2.64 bits per heavy atom. The van der Waals surface area contributed by atoms with E-state index in [0.717, 1.165) is 29.4 Å². The number of benzene rings is 1. The fourth-order valence-corrected chi connectivity index (χ4v) is 4.05. The number of rotatable bonds is 7. The maximum absolute atomic E-state index is 12.6. The maximum Gasteiger partial charge on any atom is 0.233 e. The molecule has 6 nitrogen and oxygen atoms in total. The van der Waals surface area contributed by atoms with Gasteiger partial charge in [-0.3, -0.25) is 14.3 Å². The molecular weight excluding hydrogens is 370 g/mol. The standard InChI is InChI=1S/C21H23N5OS/c1-15-5-3-4-6-17(15)13-25(2)19(27)14-28-21-24-23-20(26(21)18-7-8-18)16-9-11-22-12-10-16/h3-6,9-12,18H,7-8,13-14H2,1-2H3. The molecule has 0 saturated heterocycles.